The summed E-state index contributed by atoms with van der Waals surface area (Å²) in [7, 11) is 2.18. The molecule has 0 radical (unpaired) electrons. The number of nitrogens with zero attached hydrogens (tertiary/aromatic N) is 5. The topological polar surface area (TPSA) is 37.2 Å². The molecular formula is C17H25N5. The lowest BCUT2D eigenvalue weighted by Crippen LogP contribution is -2.29. The zero-order valence-electron chi connectivity index (χ0n) is 13.5. The summed E-state index contributed by atoms with van der Waals surface area (Å²) in [6, 6.07) is 10.7. The number of hydrogen-bond acceptors (Lipinski definition) is 4. The van der Waals surface area contributed by atoms with Crippen molar-refractivity contribution in [2.24, 2.45) is 5.92 Å². The van der Waals surface area contributed by atoms with Crippen LogP contribution in [0.4, 0.5) is 5.69 Å². The van der Waals surface area contributed by atoms with E-state index in [9.17, 15) is 0 Å². The molecule has 118 valence electrons. The quantitative estimate of drug-likeness (QED) is 0.820. The molecule has 1 aliphatic heterocycles. The van der Waals surface area contributed by atoms with E-state index in [1.807, 2.05) is 4.68 Å². The molecule has 0 bridgehead atoms. The number of para-hydroxylation sites is 1. The lowest BCUT2D eigenvalue weighted by atomic mass is 10.1. The van der Waals surface area contributed by atoms with Crippen molar-refractivity contribution in [2.75, 3.05) is 31.6 Å². The molecule has 1 atom stereocenters. The van der Waals surface area contributed by atoms with Gasteiger partial charge >= 0.3 is 0 Å². The molecule has 1 aromatic carbocycles. The fourth-order valence-corrected chi connectivity index (χ4v) is 3.28. The largest absolute Gasteiger partial charge is 0.371 e. The van der Waals surface area contributed by atoms with E-state index < -0.39 is 0 Å². The zero-order chi connectivity index (χ0) is 15.4. The van der Waals surface area contributed by atoms with Gasteiger partial charge in [0.2, 0.25) is 0 Å². The highest BCUT2D eigenvalue weighted by Gasteiger charge is 2.24. The lowest BCUT2D eigenvalue weighted by Gasteiger charge is -2.22. The van der Waals surface area contributed by atoms with Gasteiger partial charge in [-0.2, -0.15) is 5.10 Å². The minimum absolute atomic E-state index is 0.725. The highest BCUT2D eigenvalue weighted by molar-refractivity contribution is 5.46. The van der Waals surface area contributed by atoms with Crippen LogP contribution in [0.15, 0.2) is 36.7 Å². The molecule has 1 aliphatic rings. The van der Waals surface area contributed by atoms with Crippen LogP contribution >= 0.6 is 0 Å². The lowest BCUT2D eigenvalue weighted by molar-refractivity contribution is 0.268. The molecule has 5 heteroatoms. The van der Waals surface area contributed by atoms with Crippen molar-refractivity contribution in [3.05, 3.63) is 42.5 Å². The van der Waals surface area contributed by atoms with Crippen molar-refractivity contribution in [3.8, 4) is 0 Å². The maximum absolute atomic E-state index is 4.36. The van der Waals surface area contributed by atoms with Crippen molar-refractivity contribution >= 4 is 5.69 Å². The van der Waals surface area contributed by atoms with E-state index in [-0.39, 0.29) is 0 Å². The summed E-state index contributed by atoms with van der Waals surface area (Å²) in [6.45, 7) is 7.28. The number of anilines is 1. The van der Waals surface area contributed by atoms with Crippen LogP contribution in [0.2, 0.25) is 0 Å². The molecule has 3 rings (SSSR count). The molecule has 0 saturated carbocycles. The molecule has 0 N–H and O–H groups in total. The van der Waals surface area contributed by atoms with Gasteiger partial charge in [-0.15, -0.1) is 0 Å². The van der Waals surface area contributed by atoms with Gasteiger partial charge in [-0.1, -0.05) is 18.2 Å². The van der Waals surface area contributed by atoms with Crippen LogP contribution in [0.1, 0.15) is 19.2 Å². The van der Waals surface area contributed by atoms with Crippen LogP contribution in [0.3, 0.4) is 0 Å². The highest BCUT2D eigenvalue weighted by atomic mass is 15.3. The van der Waals surface area contributed by atoms with E-state index in [1.165, 1.54) is 12.1 Å². The molecule has 2 aromatic rings. The second kappa shape index (κ2) is 6.92. The predicted octanol–water partition coefficient (Wildman–Crippen LogP) is 2.26. The molecule has 0 spiro atoms. The number of benzene rings is 1. The molecule has 1 fully saturated rings. The molecule has 5 nitrogen and oxygen atoms in total. The van der Waals surface area contributed by atoms with Gasteiger partial charge < -0.3 is 4.90 Å². The van der Waals surface area contributed by atoms with Gasteiger partial charge in [-0.05, 0) is 38.4 Å². The average Bonchev–Trinajstić information content (AvgIpc) is 3.17. The van der Waals surface area contributed by atoms with Crippen molar-refractivity contribution in [1.29, 1.82) is 0 Å². The molecule has 0 unspecified atom stereocenters. The Hall–Kier alpha value is -1.88. The summed E-state index contributed by atoms with van der Waals surface area (Å²) in [5, 5.41) is 4.24. The first kappa shape index (κ1) is 15.0. The van der Waals surface area contributed by atoms with Gasteiger partial charge in [0.05, 0.1) is 6.54 Å². The number of aromatic nitrogens is 3. The van der Waals surface area contributed by atoms with Crippen molar-refractivity contribution in [2.45, 2.75) is 26.4 Å². The molecule has 0 amide bonds. The Morgan fingerprint density at radius 2 is 2.09 bits per heavy atom. The van der Waals surface area contributed by atoms with Crippen LogP contribution in [0.5, 0.6) is 0 Å². The van der Waals surface area contributed by atoms with Crippen LogP contribution in [-0.2, 0) is 13.1 Å². The third kappa shape index (κ3) is 3.47. The van der Waals surface area contributed by atoms with Crippen molar-refractivity contribution < 1.29 is 0 Å². The van der Waals surface area contributed by atoms with Crippen molar-refractivity contribution in [1.82, 2.24) is 19.7 Å². The minimum atomic E-state index is 0.725. The van der Waals surface area contributed by atoms with Gasteiger partial charge in [-0.25, -0.2) is 9.67 Å². The molecule has 22 heavy (non-hydrogen) atoms. The normalized spacial score (nSPS) is 18.3. The first-order chi connectivity index (χ1) is 10.8. The van der Waals surface area contributed by atoms with E-state index in [0.717, 1.165) is 44.5 Å². The van der Waals surface area contributed by atoms with Gasteiger partial charge in [-0.3, -0.25) is 4.90 Å². The van der Waals surface area contributed by atoms with Crippen LogP contribution in [0, 0.1) is 5.92 Å². The van der Waals surface area contributed by atoms with Crippen LogP contribution in [0.25, 0.3) is 0 Å². The van der Waals surface area contributed by atoms with E-state index >= 15 is 0 Å². The summed E-state index contributed by atoms with van der Waals surface area (Å²) in [4.78, 5) is 9.23. The fraction of sp³-hybridized carbons (Fsp3) is 0.529. The molecule has 1 aromatic heterocycles. The SMILES string of the molecule is CCn1ncnc1CN(C)C[C@@H]1CCN(c2ccccc2)C1. The predicted molar refractivity (Wildman–Crippen MR) is 88.8 cm³/mol. The first-order valence-electron chi connectivity index (χ1n) is 8.11. The first-order valence-corrected chi connectivity index (χ1v) is 8.11. The maximum Gasteiger partial charge on any atom is 0.140 e. The smallest absolute Gasteiger partial charge is 0.140 e. The summed E-state index contributed by atoms with van der Waals surface area (Å²) in [5.74, 6) is 1.78. The second-order valence-electron chi connectivity index (χ2n) is 6.13. The fourth-order valence-electron chi connectivity index (χ4n) is 3.28. The van der Waals surface area contributed by atoms with Gasteiger partial charge in [0, 0.05) is 31.9 Å². The Labute approximate surface area is 132 Å². The third-order valence-corrected chi connectivity index (χ3v) is 4.38. The highest BCUT2D eigenvalue weighted by Crippen LogP contribution is 2.24. The van der Waals surface area contributed by atoms with Crippen molar-refractivity contribution in [3.63, 3.8) is 0 Å². The zero-order valence-corrected chi connectivity index (χ0v) is 13.5. The Kier molecular flexibility index (Phi) is 4.73. The van der Waals surface area contributed by atoms with E-state index in [0.29, 0.717) is 0 Å². The van der Waals surface area contributed by atoms with Gasteiger partial charge in [0.25, 0.3) is 0 Å². The number of rotatable bonds is 6. The number of hydrogen-bond donors (Lipinski definition) is 0. The van der Waals surface area contributed by atoms with E-state index in [2.05, 4.69) is 64.2 Å². The molecule has 0 aliphatic carbocycles. The number of aryl methyl sites for hydroxylation is 1. The molecule has 1 saturated heterocycles. The maximum atomic E-state index is 4.36. The van der Waals surface area contributed by atoms with Crippen LogP contribution < -0.4 is 4.90 Å². The van der Waals surface area contributed by atoms with E-state index in [4.69, 9.17) is 0 Å². The molecular weight excluding hydrogens is 274 g/mol. The summed E-state index contributed by atoms with van der Waals surface area (Å²) < 4.78 is 1.97. The summed E-state index contributed by atoms with van der Waals surface area (Å²) >= 11 is 0. The van der Waals surface area contributed by atoms with Gasteiger partial charge in [0.15, 0.2) is 0 Å². The molecule has 2 heterocycles. The van der Waals surface area contributed by atoms with E-state index in [1.54, 1.807) is 6.33 Å². The van der Waals surface area contributed by atoms with Crippen LogP contribution in [-0.4, -0.2) is 46.3 Å². The monoisotopic (exact) mass is 299 g/mol. The average molecular weight is 299 g/mol. The summed E-state index contributed by atoms with van der Waals surface area (Å²) in [6.07, 6.45) is 2.92. The Balaban J connectivity index is 1.52. The second-order valence-corrected chi connectivity index (χ2v) is 6.13. The Bertz CT molecular complexity index is 580. The van der Waals surface area contributed by atoms with Gasteiger partial charge in [0.1, 0.15) is 12.2 Å². The standard InChI is InChI=1S/C17H25N5/c1-3-22-17(18-14-19-22)13-20(2)11-15-9-10-21(12-15)16-7-5-4-6-8-16/h4-8,14-15H,3,9-13H2,1-2H3/t15-/m0/s1. The Morgan fingerprint density at radius 3 is 2.86 bits per heavy atom. The third-order valence-electron chi connectivity index (χ3n) is 4.38. The summed E-state index contributed by atoms with van der Waals surface area (Å²) in [5.41, 5.74) is 1.35. The minimum Gasteiger partial charge on any atom is -0.371 e. The Morgan fingerprint density at radius 1 is 1.27 bits per heavy atom.